The molecular formula is C21H19N3O2. The molecule has 0 aromatic heterocycles. The van der Waals surface area contributed by atoms with Crippen molar-refractivity contribution < 1.29 is 9.53 Å². The minimum absolute atomic E-state index is 0.0712. The molecule has 2 aliphatic rings. The Morgan fingerprint density at radius 2 is 2.19 bits per heavy atom. The summed E-state index contributed by atoms with van der Waals surface area (Å²) in [5.74, 6) is 0.699. The number of methoxy groups -OCH3 is 1. The molecule has 0 aliphatic carbocycles. The standard InChI is InChI=1S/C21H19N3O2/c1-13-6-7-18(26-2)19-17(13)11-15-8-9-24(20(15)23-19)21(25)16-5-3-4-14(10-16)12-22/h3-7,10-11,20,23H,8-9H2,1-2H3. The van der Waals surface area contributed by atoms with E-state index < -0.39 is 0 Å². The molecule has 0 bridgehead atoms. The Morgan fingerprint density at radius 1 is 1.35 bits per heavy atom. The van der Waals surface area contributed by atoms with Gasteiger partial charge in [0.25, 0.3) is 5.91 Å². The minimum atomic E-state index is -0.184. The molecule has 5 heteroatoms. The summed E-state index contributed by atoms with van der Waals surface area (Å²) < 4.78 is 5.50. The van der Waals surface area contributed by atoms with E-state index in [4.69, 9.17) is 10.00 Å². The number of fused-ring (bicyclic) bond motifs is 2. The number of anilines is 1. The number of likely N-dealkylation sites (tertiary alicyclic amines) is 1. The summed E-state index contributed by atoms with van der Waals surface area (Å²) in [6, 6.07) is 12.9. The van der Waals surface area contributed by atoms with Crippen LogP contribution in [-0.2, 0) is 0 Å². The van der Waals surface area contributed by atoms with Gasteiger partial charge in [-0.1, -0.05) is 12.1 Å². The highest BCUT2D eigenvalue weighted by Crippen LogP contribution is 2.41. The number of carbonyl (C=O) groups excluding carboxylic acids is 1. The van der Waals surface area contributed by atoms with Gasteiger partial charge in [0.15, 0.2) is 0 Å². The normalized spacial score (nSPS) is 17.5. The van der Waals surface area contributed by atoms with Gasteiger partial charge < -0.3 is 15.0 Å². The third kappa shape index (κ3) is 2.51. The van der Waals surface area contributed by atoms with Gasteiger partial charge in [-0.3, -0.25) is 4.79 Å². The van der Waals surface area contributed by atoms with Gasteiger partial charge in [0, 0.05) is 17.7 Å². The van der Waals surface area contributed by atoms with Crippen LogP contribution in [-0.4, -0.2) is 30.6 Å². The fourth-order valence-electron chi connectivity index (χ4n) is 3.67. The van der Waals surface area contributed by atoms with Crippen LogP contribution in [0, 0.1) is 18.3 Å². The Balaban J connectivity index is 1.69. The zero-order valence-corrected chi connectivity index (χ0v) is 14.7. The van der Waals surface area contributed by atoms with Crippen LogP contribution < -0.4 is 10.1 Å². The van der Waals surface area contributed by atoms with Gasteiger partial charge in [0.1, 0.15) is 11.9 Å². The molecule has 0 radical (unpaired) electrons. The second-order valence-electron chi connectivity index (χ2n) is 6.58. The van der Waals surface area contributed by atoms with Gasteiger partial charge in [-0.2, -0.15) is 5.26 Å². The summed E-state index contributed by atoms with van der Waals surface area (Å²) in [6.07, 6.45) is 2.82. The van der Waals surface area contributed by atoms with Gasteiger partial charge in [0.2, 0.25) is 0 Å². The van der Waals surface area contributed by atoms with Gasteiger partial charge in [-0.25, -0.2) is 0 Å². The van der Waals surface area contributed by atoms with Crippen molar-refractivity contribution in [1.82, 2.24) is 4.90 Å². The van der Waals surface area contributed by atoms with E-state index >= 15 is 0 Å². The lowest BCUT2D eigenvalue weighted by Crippen LogP contribution is -2.42. The van der Waals surface area contributed by atoms with Crippen LogP contribution >= 0.6 is 0 Å². The number of hydrogen-bond donors (Lipinski definition) is 1. The molecular weight excluding hydrogens is 326 g/mol. The molecule has 2 aliphatic heterocycles. The number of nitrogens with zero attached hydrogens (tertiary/aromatic N) is 2. The second-order valence-corrected chi connectivity index (χ2v) is 6.58. The van der Waals surface area contributed by atoms with Crippen molar-refractivity contribution in [3.8, 4) is 11.8 Å². The van der Waals surface area contributed by atoms with Crippen LogP contribution in [0.1, 0.15) is 33.5 Å². The largest absolute Gasteiger partial charge is 0.495 e. The summed E-state index contributed by atoms with van der Waals surface area (Å²) in [6.45, 7) is 2.72. The number of ether oxygens (including phenoxy) is 1. The number of aryl methyl sites for hydroxylation is 1. The summed E-state index contributed by atoms with van der Waals surface area (Å²) in [7, 11) is 1.65. The van der Waals surface area contributed by atoms with Crippen LogP contribution in [0.25, 0.3) is 6.08 Å². The first-order valence-corrected chi connectivity index (χ1v) is 8.58. The van der Waals surface area contributed by atoms with Crippen LogP contribution in [0.5, 0.6) is 5.75 Å². The number of rotatable bonds is 2. The number of carbonyl (C=O) groups is 1. The summed E-state index contributed by atoms with van der Waals surface area (Å²) in [5, 5.41) is 12.6. The molecule has 4 rings (SSSR count). The Morgan fingerprint density at radius 3 is 2.96 bits per heavy atom. The molecule has 1 saturated heterocycles. The zero-order valence-electron chi connectivity index (χ0n) is 14.7. The summed E-state index contributed by atoms with van der Waals surface area (Å²) in [5.41, 5.74) is 5.44. The molecule has 0 saturated carbocycles. The van der Waals surface area contributed by atoms with E-state index in [-0.39, 0.29) is 12.1 Å². The van der Waals surface area contributed by atoms with Crippen LogP contribution in [0.4, 0.5) is 5.69 Å². The lowest BCUT2D eigenvalue weighted by Gasteiger charge is -2.32. The third-order valence-electron chi connectivity index (χ3n) is 5.06. The number of nitriles is 1. The fraction of sp³-hybridized carbons (Fsp3) is 0.238. The average molecular weight is 345 g/mol. The highest BCUT2D eigenvalue weighted by atomic mass is 16.5. The number of hydrogen-bond acceptors (Lipinski definition) is 4. The molecule has 130 valence electrons. The van der Waals surface area contributed by atoms with Crippen molar-refractivity contribution in [3.63, 3.8) is 0 Å². The first kappa shape index (κ1) is 16.2. The van der Waals surface area contributed by atoms with E-state index in [9.17, 15) is 4.79 Å². The van der Waals surface area contributed by atoms with E-state index in [1.807, 2.05) is 17.0 Å². The Hall–Kier alpha value is -3.26. The van der Waals surface area contributed by atoms with Gasteiger partial charge in [-0.15, -0.1) is 0 Å². The van der Waals surface area contributed by atoms with Crippen molar-refractivity contribution in [3.05, 3.63) is 64.2 Å². The molecule has 2 aromatic carbocycles. The van der Waals surface area contributed by atoms with E-state index in [2.05, 4.69) is 24.4 Å². The SMILES string of the molecule is COc1ccc(C)c2c1NC1C(=C2)CCN1C(=O)c1cccc(C#N)c1. The molecule has 2 aromatic rings. The molecule has 1 amide bonds. The molecule has 2 heterocycles. The van der Waals surface area contributed by atoms with Crippen LogP contribution in [0.2, 0.25) is 0 Å². The first-order valence-electron chi connectivity index (χ1n) is 8.58. The molecule has 0 spiro atoms. The zero-order chi connectivity index (χ0) is 18.3. The van der Waals surface area contributed by atoms with E-state index in [1.54, 1.807) is 31.4 Å². The Bertz CT molecular complexity index is 972. The Labute approximate surface area is 152 Å². The van der Waals surface area contributed by atoms with Gasteiger partial charge in [-0.05, 0) is 54.8 Å². The van der Waals surface area contributed by atoms with Crippen LogP contribution in [0.15, 0.2) is 42.0 Å². The van der Waals surface area contributed by atoms with E-state index in [0.29, 0.717) is 17.7 Å². The lowest BCUT2D eigenvalue weighted by molar-refractivity contribution is 0.0760. The summed E-state index contributed by atoms with van der Waals surface area (Å²) >= 11 is 0. The minimum Gasteiger partial charge on any atom is -0.495 e. The topological polar surface area (TPSA) is 65.4 Å². The number of benzene rings is 2. The van der Waals surface area contributed by atoms with Crippen molar-refractivity contribution >= 4 is 17.7 Å². The van der Waals surface area contributed by atoms with Crippen molar-refractivity contribution in [2.24, 2.45) is 0 Å². The highest BCUT2D eigenvalue weighted by molar-refractivity contribution is 5.96. The van der Waals surface area contributed by atoms with Crippen molar-refractivity contribution in [2.45, 2.75) is 19.5 Å². The van der Waals surface area contributed by atoms with Crippen molar-refractivity contribution in [2.75, 3.05) is 19.0 Å². The fourth-order valence-corrected chi connectivity index (χ4v) is 3.67. The average Bonchev–Trinajstić information content (AvgIpc) is 3.09. The first-order chi connectivity index (χ1) is 12.6. The maximum Gasteiger partial charge on any atom is 0.255 e. The van der Waals surface area contributed by atoms with Crippen LogP contribution in [0.3, 0.4) is 0 Å². The van der Waals surface area contributed by atoms with E-state index in [0.717, 1.165) is 23.4 Å². The predicted octanol–water partition coefficient (Wildman–Crippen LogP) is 3.56. The predicted molar refractivity (Wildman–Crippen MR) is 99.9 cm³/mol. The maximum absolute atomic E-state index is 13.0. The molecule has 1 unspecified atom stereocenters. The maximum atomic E-state index is 13.0. The quantitative estimate of drug-likeness (QED) is 0.904. The monoisotopic (exact) mass is 345 g/mol. The lowest BCUT2D eigenvalue weighted by atomic mass is 9.97. The second kappa shape index (κ2) is 6.23. The smallest absolute Gasteiger partial charge is 0.255 e. The number of amides is 1. The molecule has 1 fully saturated rings. The van der Waals surface area contributed by atoms with Crippen molar-refractivity contribution in [1.29, 1.82) is 5.26 Å². The van der Waals surface area contributed by atoms with E-state index in [1.165, 1.54) is 11.1 Å². The summed E-state index contributed by atoms with van der Waals surface area (Å²) in [4.78, 5) is 14.8. The Kier molecular flexibility index (Phi) is 3.89. The van der Waals surface area contributed by atoms with Gasteiger partial charge >= 0.3 is 0 Å². The molecule has 1 atom stereocenters. The molecule has 5 nitrogen and oxygen atoms in total. The van der Waals surface area contributed by atoms with Gasteiger partial charge in [0.05, 0.1) is 24.4 Å². The number of nitrogens with one attached hydrogen (secondary N) is 1. The highest BCUT2D eigenvalue weighted by Gasteiger charge is 2.36. The molecule has 1 N–H and O–H groups in total. The molecule has 26 heavy (non-hydrogen) atoms. The third-order valence-corrected chi connectivity index (χ3v) is 5.06.